The van der Waals surface area contributed by atoms with E-state index in [1.165, 1.54) is 25.7 Å². The first-order valence-corrected chi connectivity index (χ1v) is 9.30. The number of fused-ring (bicyclic) bond motifs is 5. The number of carbonyl (C=O) groups is 1. The first-order valence-electron chi connectivity index (χ1n) is 8.93. The molecule has 0 unspecified atom stereocenters. The Labute approximate surface area is 138 Å². The Hall–Kier alpha value is -0.340. The fraction of sp³-hybridized carbons (Fsp3) is 0.842. The lowest BCUT2D eigenvalue weighted by Crippen LogP contribution is -2.54. The summed E-state index contributed by atoms with van der Waals surface area (Å²) >= 11 is 6.62. The van der Waals surface area contributed by atoms with Crippen LogP contribution in [0.5, 0.6) is 0 Å². The third-order valence-corrected chi connectivity index (χ3v) is 8.52. The summed E-state index contributed by atoms with van der Waals surface area (Å²) in [6, 6.07) is 0. The molecule has 3 fully saturated rings. The molecular weight excluding hydrogens is 296 g/mol. The van der Waals surface area contributed by atoms with Crippen molar-refractivity contribution in [2.75, 3.05) is 13.2 Å². The highest BCUT2D eigenvalue weighted by Crippen LogP contribution is 2.66. The van der Waals surface area contributed by atoms with Gasteiger partial charge in [0.2, 0.25) is 0 Å². The maximum Gasteiger partial charge on any atom is 0.147 e. The van der Waals surface area contributed by atoms with Gasteiger partial charge in [0.25, 0.3) is 0 Å². The summed E-state index contributed by atoms with van der Waals surface area (Å²) in [6.45, 7) is 6.66. The third-order valence-electron chi connectivity index (χ3n) is 7.84. The van der Waals surface area contributed by atoms with Crippen LogP contribution in [0.2, 0.25) is 0 Å². The molecule has 2 nitrogen and oxygen atoms in total. The molecule has 4 rings (SSSR count). The van der Waals surface area contributed by atoms with E-state index in [0.717, 1.165) is 54.8 Å². The van der Waals surface area contributed by atoms with E-state index in [1.54, 1.807) is 0 Å². The second-order valence-electron chi connectivity index (χ2n) is 8.62. The summed E-state index contributed by atoms with van der Waals surface area (Å²) in [4.78, 5) is 11.4. The van der Waals surface area contributed by atoms with E-state index >= 15 is 0 Å². The van der Waals surface area contributed by atoms with E-state index in [4.69, 9.17) is 16.3 Å². The minimum Gasteiger partial charge on any atom is -0.381 e. The molecule has 0 spiro atoms. The van der Waals surface area contributed by atoms with Gasteiger partial charge in [-0.25, -0.2) is 0 Å². The average Bonchev–Trinajstić information content (AvgIpc) is 2.78. The van der Waals surface area contributed by atoms with Crippen molar-refractivity contribution >= 4 is 17.9 Å². The Morgan fingerprint density at radius 2 is 2.00 bits per heavy atom. The van der Waals surface area contributed by atoms with Gasteiger partial charge in [-0.1, -0.05) is 25.4 Å². The Kier molecular flexibility index (Phi) is 3.51. The summed E-state index contributed by atoms with van der Waals surface area (Å²) < 4.78 is 5.90. The molecule has 6 atom stereocenters. The summed E-state index contributed by atoms with van der Waals surface area (Å²) in [7, 11) is 0. The van der Waals surface area contributed by atoms with Crippen LogP contribution >= 0.6 is 11.6 Å². The zero-order valence-corrected chi connectivity index (χ0v) is 14.5. The van der Waals surface area contributed by atoms with Crippen LogP contribution in [-0.4, -0.2) is 19.5 Å². The molecule has 0 radical (unpaired) electrons. The first-order chi connectivity index (χ1) is 10.5. The van der Waals surface area contributed by atoms with Crippen LogP contribution in [0.15, 0.2) is 10.6 Å². The third kappa shape index (κ3) is 1.86. The van der Waals surface area contributed by atoms with Crippen molar-refractivity contribution in [3.05, 3.63) is 10.6 Å². The first kappa shape index (κ1) is 15.2. The molecule has 0 aromatic carbocycles. The Morgan fingerprint density at radius 3 is 2.77 bits per heavy atom. The van der Waals surface area contributed by atoms with Gasteiger partial charge in [-0.2, -0.15) is 0 Å². The van der Waals surface area contributed by atoms with Gasteiger partial charge >= 0.3 is 0 Å². The molecule has 2 saturated carbocycles. The molecule has 3 heteroatoms. The van der Waals surface area contributed by atoms with Crippen LogP contribution in [-0.2, 0) is 9.53 Å². The Bertz CT molecular complexity index is 528. The van der Waals surface area contributed by atoms with Gasteiger partial charge in [0.15, 0.2) is 0 Å². The van der Waals surface area contributed by atoms with Gasteiger partial charge in [-0.3, -0.25) is 4.79 Å². The standard InChI is InChI=1S/C19H27ClO2/c1-18-7-5-15-14(16(18)9-12(10-21)17(18)20)4-3-13-6-8-22-11-19(13,15)2/h10,13-16H,3-9,11H2,1-2H3/t13-,14+,15-,16-,18-,19-/m0/s1. The van der Waals surface area contributed by atoms with Gasteiger partial charge in [0, 0.05) is 22.6 Å². The fourth-order valence-electron chi connectivity index (χ4n) is 6.51. The normalized spacial score (nSPS) is 51.0. The number of carbonyl (C=O) groups excluding carboxylic acids is 1. The van der Waals surface area contributed by atoms with Gasteiger partial charge < -0.3 is 4.74 Å². The van der Waals surface area contributed by atoms with Crippen molar-refractivity contribution < 1.29 is 9.53 Å². The lowest BCUT2D eigenvalue weighted by atomic mass is 9.47. The summed E-state index contributed by atoms with van der Waals surface area (Å²) in [6.07, 6.45) is 8.19. The van der Waals surface area contributed by atoms with E-state index in [2.05, 4.69) is 13.8 Å². The van der Waals surface area contributed by atoms with Crippen LogP contribution in [0.25, 0.3) is 0 Å². The number of aldehydes is 1. The maximum atomic E-state index is 11.4. The zero-order chi connectivity index (χ0) is 15.5. The van der Waals surface area contributed by atoms with Crippen LogP contribution in [0.4, 0.5) is 0 Å². The number of hydrogen-bond donors (Lipinski definition) is 0. The SMILES string of the molecule is C[C@]12COCC[C@@H]1CC[C@@H]1[C@@H]2CC[C@]2(C)C(Cl)=C(C=O)C[C@@H]12. The van der Waals surface area contributed by atoms with Crippen LogP contribution in [0, 0.1) is 34.5 Å². The lowest BCUT2D eigenvalue weighted by Gasteiger charge is -2.59. The van der Waals surface area contributed by atoms with Crippen molar-refractivity contribution in [2.45, 2.75) is 52.4 Å². The van der Waals surface area contributed by atoms with Crippen LogP contribution in [0.3, 0.4) is 0 Å². The topological polar surface area (TPSA) is 26.3 Å². The minimum absolute atomic E-state index is 0.0533. The average molecular weight is 323 g/mol. The molecule has 4 aliphatic rings. The molecule has 1 aliphatic heterocycles. The van der Waals surface area contributed by atoms with Crippen molar-refractivity contribution in [3.63, 3.8) is 0 Å². The molecule has 0 aromatic heterocycles. The minimum atomic E-state index is 0.0533. The number of halogens is 1. The van der Waals surface area contributed by atoms with E-state index in [9.17, 15) is 4.79 Å². The smallest absolute Gasteiger partial charge is 0.147 e. The molecular formula is C19H27ClO2. The Morgan fingerprint density at radius 1 is 1.18 bits per heavy atom. The van der Waals surface area contributed by atoms with Crippen LogP contribution < -0.4 is 0 Å². The van der Waals surface area contributed by atoms with Gasteiger partial charge in [0.05, 0.1) is 6.61 Å². The molecule has 1 heterocycles. The second kappa shape index (κ2) is 5.08. The number of hydrogen-bond acceptors (Lipinski definition) is 2. The molecule has 0 N–H and O–H groups in total. The maximum absolute atomic E-state index is 11.4. The zero-order valence-electron chi connectivity index (χ0n) is 13.7. The van der Waals surface area contributed by atoms with Gasteiger partial charge in [-0.05, 0) is 67.6 Å². The summed E-state index contributed by atoms with van der Waals surface area (Å²) in [5.41, 5.74) is 1.28. The van der Waals surface area contributed by atoms with Crippen molar-refractivity contribution in [1.82, 2.24) is 0 Å². The molecule has 3 aliphatic carbocycles. The van der Waals surface area contributed by atoms with Gasteiger partial charge in [0.1, 0.15) is 6.29 Å². The molecule has 22 heavy (non-hydrogen) atoms. The summed E-state index contributed by atoms with van der Waals surface area (Å²) in [5, 5.41) is 0.873. The quantitative estimate of drug-likeness (QED) is 0.661. The highest BCUT2D eigenvalue weighted by molar-refractivity contribution is 6.32. The number of rotatable bonds is 1. The monoisotopic (exact) mass is 322 g/mol. The largest absolute Gasteiger partial charge is 0.381 e. The molecule has 0 bridgehead atoms. The molecule has 0 amide bonds. The van der Waals surface area contributed by atoms with Crippen LogP contribution in [0.1, 0.15) is 52.4 Å². The van der Waals surface area contributed by atoms with E-state index < -0.39 is 0 Å². The predicted octanol–water partition coefficient (Wildman–Crippen LogP) is 4.57. The van der Waals surface area contributed by atoms with Crippen molar-refractivity contribution in [3.8, 4) is 0 Å². The second-order valence-corrected chi connectivity index (χ2v) is 8.99. The van der Waals surface area contributed by atoms with E-state index in [1.807, 2.05) is 0 Å². The predicted molar refractivity (Wildman–Crippen MR) is 87.6 cm³/mol. The molecule has 0 aromatic rings. The summed E-state index contributed by atoms with van der Waals surface area (Å²) in [5.74, 6) is 2.87. The van der Waals surface area contributed by atoms with E-state index in [-0.39, 0.29) is 5.41 Å². The highest BCUT2D eigenvalue weighted by atomic mass is 35.5. The van der Waals surface area contributed by atoms with Crippen molar-refractivity contribution in [2.24, 2.45) is 34.5 Å². The molecule has 1 saturated heterocycles. The van der Waals surface area contributed by atoms with Crippen molar-refractivity contribution in [1.29, 1.82) is 0 Å². The van der Waals surface area contributed by atoms with E-state index in [0.29, 0.717) is 17.3 Å². The lowest BCUT2D eigenvalue weighted by molar-refractivity contribution is -0.148. The molecule has 122 valence electrons. The fourth-order valence-corrected chi connectivity index (χ4v) is 6.87. The Balaban J connectivity index is 1.67. The number of allylic oxidation sites excluding steroid dienone is 2. The van der Waals surface area contributed by atoms with Gasteiger partial charge in [-0.15, -0.1) is 0 Å². The number of ether oxygens (including phenoxy) is 1. The highest BCUT2D eigenvalue weighted by Gasteiger charge is 2.59.